The summed E-state index contributed by atoms with van der Waals surface area (Å²) >= 11 is -2.54. The second-order valence-corrected chi connectivity index (χ2v) is 11.6. The van der Waals surface area contributed by atoms with E-state index in [1.807, 2.05) is 11.6 Å². The van der Waals surface area contributed by atoms with Crippen LogP contribution in [0.15, 0.2) is 23.1 Å². The highest BCUT2D eigenvalue weighted by molar-refractivity contribution is 7.79. The zero-order chi connectivity index (χ0) is 27.4. The summed E-state index contributed by atoms with van der Waals surface area (Å²) in [5, 5.41) is 4.91. The van der Waals surface area contributed by atoms with Crippen LogP contribution in [0, 0.1) is 11.7 Å². The predicted molar refractivity (Wildman–Crippen MR) is 146 cm³/mol. The first-order valence-corrected chi connectivity index (χ1v) is 15.3. The molecule has 3 saturated heterocycles. The summed E-state index contributed by atoms with van der Waals surface area (Å²) in [5.74, 6) is -0.241. The Morgan fingerprint density at radius 1 is 1.13 bits per heavy atom. The average molecular weight is 563 g/mol. The third-order valence-corrected chi connectivity index (χ3v) is 9.04. The van der Waals surface area contributed by atoms with Crippen molar-refractivity contribution in [3.05, 3.63) is 35.3 Å². The molecule has 0 radical (unpaired) electrons. The highest BCUT2D eigenvalue weighted by atomic mass is 32.2. The van der Waals surface area contributed by atoms with E-state index in [0.717, 1.165) is 65.0 Å². The molecule has 2 atom stereocenters. The van der Waals surface area contributed by atoms with Crippen molar-refractivity contribution >= 4 is 17.0 Å². The number of benzene rings is 1. The third kappa shape index (κ3) is 6.27. The van der Waals surface area contributed by atoms with E-state index in [9.17, 15) is 17.9 Å². The second-order valence-electron chi connectivity index (χ2n) is 10.7. The standard InChI is InChI=1S/C28H39FN4O5S/c1-2-22-25(28(34)32-13-17-38-18-14-32)30-33(26(22)23-6-3-7-24(29)27(23)39(35)36)21-5-4-11-31(19-21)12-8-20-9-15-37-16-10-20/h3,6-7,20-21H,2,4-5,8-19H2,1H3,(H,35,36)/t21-/m0/s1. The van der Waals surface area contributed by atoms with Crippen LogP contribution in [0.25, 0.3) is 11.3 Å². The van der Waals surface area contributed by atoms with Crippen molar-refractivity contribution in [1.82, 2.24) is 19.6 Å². The number of morpholine rings is 1. The van der Waals surface area contributed by atoms with Crippen LogP contribution in [0.4, 0.5) is 4.39 Å². The molecule has 3 aliphatic rings. The molecule has 3 aliphatic heterocycles. The average Bonchev–Trinajstić information content (AvgIpc) is 3.36. The molecule has 214 valence electrons. The van der Waals surface area contributed by atoms with E-state index in [0.29, 0.717) is 61.2 Å². The van der Waals surface area contributed by atoms with Crippen LogP contribution in [0.1, 0.15) is 61.1 Å². The summed E-state index contributed by atoms with van der Waals surface area (Å²) in [4.78, 5) is 17.6. The maximum atomic E-state index is 14.9. The number of halogens is 1. The molecule has 0 aliphatic carbocycles. The summed E-state index contributed by atoms with van der Waals surface area (Å²) in [6.07, 6.45) is 5.66. The van der Waals surface area contributed by atoms with Crippen LogP contribution in [0.5, 0.6) is 0 Å². The summed E-state index contributed by atoms with van der Waals surface area (Å²) in [6.45, 7) is 8.30. The van der Waals surface area contributed by atoms with Gasteiger partial charge in [0, 0.05) is 44.0 Å². The minimum absolute atomic E-state index is 0.0387. The first-order valence-electron chi connectivity index (χ1n) is 14.2. The van der Waals surface area contributed by atoms with Crippen molar-refractivity contribution in [1.29, 1.82) is 0 Å². The van der Waals surface area contributed by atoms with Gasteiger partial charge in [-0.15, -0.1) is 0 Å². The normalized spacial score (nSPS) is 22.2. The van der Waals surface area contributed by atoms with Gasteiger partial charge in [0.15, 0.2) is 16.8 Å². The zero-order valence-corrected chi connectivity index (χ0v) is 23.5. The van der Waals surface area contributed by atoms with E-state index in [-0.39, 0.29) is 16.8 Å². The quantitative estimate of drug-likeness (QED) is 0.490. The number of aromatic nitrogens is 2. The van der Waals surface area contributed by atoms with Crippen LogP contribution in [0.3, 0.4) is 0 Å². The molecule has 2 aromatic rings. The lowest BCUT2D eigenvalue weighted by Gasteiger charge is -2.35. The number of carbonyl (C=O) groups is 1. The summed E-state index contributed by atoms with van der Waals surface area (Å²) in [6, 6.07) is 4.36. The highest BCUT2D eigenvalue weighted by Gasteiger charge is 2.33. The third-order valence-electron chi connectivity index (χ3n) is 8.28. The number of nitrogens with zero attached hydrogens (tertiary/aromatic N) is 4. The van der Waals surface area contributed by atoms with Crippen LogP contribution in [-0.4, -0.2) is 93.4 Å². The van der Waals surface area contributed by atoms with Crippen LogP contribution in [0.2, 0.25) is 0 Å². The van der Waals surface area contributed by atoms with Gasteiger partial charge in [0.25, 0.3) is 5.91 Å². The number of amides is 1. The topological polar surface area (TPSA) is 97.1 Å². The van der Waals surface area contributed by atoms with Crippen molar-refractivity contribution < 1.29 is 27.4 Å². The molecule has 5 rings (SSSR count). The molecule has 1 aromatic carbocycles. The molecule has 3 fully saturated rings. The predicted octanol–water partition coefficient (Wildman–Crippen LogP) is 3.76. The fourth-order valence-corrected chi connectivity index (χ4v) is 6.74. The first-order chi connectivity index (χ1) is 19.0. The van der Waals surface area contributed by atoms with E-state index in [1.54, 1.807) is 17.0 Å². The van der Waals surface area contributed by atoms with Gasteiger partial charge in [-0.1, -0.05) is 19.1 Å². The van der Waals surface area contributed by atoms with Crippen molar-refractivity contribution in [3.63, 3.8) is 0 Å². The van der Waals surface area contributed by atoms with E-state index in [1.165, 1.54) is 6.07 Å². The van der Waals surface area contributed by atoms with Crippen molar-refractivity contribution in [2.24, 2.45) is 5.92 Å². The lowest BCUT2D eigenvalue weighted by Crippen LogP contribution is -2.41. The largest absolute Gasteiger partial charge is 0.381 e. The van der Waals surface area contributed by atoms with Gasteiger partial charge in [-0.2, -0.15) is 5.10 Å². The molecule has 0 saturated carbocycles. The number of hydrogen-bond acceptors (Lipinski definition) is 6. The Balaban J connectivity index is 1.51. The van der Waals surface area contributed by atoms with Gasteiger partial charge in [-0.05, 0) is 63.6 Å². The Kier molecular flexibility index (Phi) is 9.44. The van der Waals surface area contributed by atoms with Crippen molar-refractivity contribution in [2.75, 3.05) is 59.2 Å². The number of piperidine rings is 1. The Hall–Kier alpha value is -2.18. The SMILES string of the molecule is CCc1c(C(=O)N2CCOCC2)nn([C@H]2CCCN(CCC3CCOCC3)C2)c1-c1cccc(F)c1S(=O)O. The molecule has 0 spiro atoms. The minimum Gasteiger partial charge on any atom is -0.381 e. The van der Waals surface area contributed by atoms with Crippen LogP contribution >= 0.6 is 0 Å². The molecular weight excluding hydrogens is 523 g/mol. The maximum Gasteiger partial charge on any atom is 0.274 e. The van der Waals surface area contributed by atoms with Crippen LogP contribution in [-0.2, 0) is 27.0 Å². The van der Waals surface area contributed by atoms with E-state index in [4.69, 9.17) is 14.6 Å². The number of ether oxygens (including phenoxy) is 2. The van der Waals surface area contributed by atoms with Gasteiger partial charge in [-0.3, -0.25) is 9.48 Å². The van der Waals surface area contributed by atoms with Gasteiger partial charge >= 0.3 is 0 Å². The molecule has 0 bridgehead atoms. The Labute approximate surface area is 231 Å². The summed E-state index contributed by atoms with van der Waals surface area (Å²) in [7, 11) is 0. The number of rotatable bonds is 8. The summed E-state index contributed by atoms with van der Waals surface area (Å²) in [5.41, 5.74) is 1.92. The number of hydrogen-bond donors (Lipinski definition) is 1. The van der Waals surface area contributed by atoms with E-state index < -0.39 is 16.9 Å². The zero-order valence-electron chi connectivity index (χ0n) is 22.6. The monoisotopic (exact) mass is 562 g/mol. The lowest BCUT2D eigenvalue weighted by molar-refractivity contribution is 0.0297. The molecule has 1 unspecified atom stereocenters. The smallest absolute Gasteiger partial charge is 0.274 e. The van der Waals surface area contributed by atoms with Gasteiger partial charge < -0.3 is 23.8 Å². The Morgan fingerprint density at radius 3 is 2.59 bits per heavy atom. The molecule has 4 heterocycles. The molecule has 1 amide bonds. The van der Waals surface area contributed by atoms with E-state index >= 15 is 0 Å². The van der Waals surface area contributed by atoms with Gasteiger partial charge in [0.2, 0.25) is 0 Å². The molecule has 11 heteroatoms. The fraction of sp³-hybridized carbons (Fsp3) is 0.643. The number of carbonyl (C=O) groups excluding carboxylic acids is 1. The molecular formula is C28H39FN4O5S. The molecule has 1 N–H and O–H groups in total. The minimum atomic E-state index is -2.54. The molecule has 1 aromatic heterocycles. The van der Waals surface area contributed by atoms with Gasteiger partial charge in [0.05, 0.1) is 24.9 Å². The maximum absolute atomic E-state index is 14.9. The Morgan fingerprint density at radius 2 is 1.87 bits per heavy atom. The lowest BCUT2D eigenvalue weighted by atomic mass is 9.95. The first kappa shape index (κ1) is 28.4. The summed E-state index contributed by atoms with van der Waals surface area (Å²) < 4.78 is 50.1. The van der Waals surface area contributed by atoms with Crippen molar-refractivity contribution in [2.45, 2.75) is 56.4 Å². The van der Waals surface area contributed by atoms with Gasteiger partial charge in [0.1, 0.15) is 10.7 Å². The number of likely N-dealkylation sites (tertiary alicyclic amines) is 1. The second kappa shape index (κ2) is 13.0. The van der Waals surface area contributed by atoms with Crippen LogP contribution < -0.4 is 0 Å². The van der Waals surface area contributed by atoms with E-state index in [2.05, 4.69) is 4.90 Å². The highest BCUT2D eigenvalue weighted by Crippen LogP contribution is 2.37. The molecule has 39 heavy (non-hydrogen) atoms. The Bertz CT molecular complexity index is 1180. The fourth-order valence-electron chi connectivity index (χ4n) is 6.15. The van der Waals surface area contributed by atoms with Crippen molar-refractivity contribution in [3.8, 4) is 11.3 Å². The molecule has 9 nitrogen and oxygen atoms in total. The van der Waals surface area contributed by atoms with Gasteiger partial charge in [-0.25, -0.2) is 8.60 Å².